The zero-order valence-electron chi connectivity index (χ0n) is 7.42. The summed E-state index contributed by atoms with van der Waals surface area (Å²) in [5, 5.41) is 0. The van der Waals surface area contributed by atoms with Crippen molar-refractivity contribution in [3.05, 3.63) is 42.3 Å². The molecule has 2 rings (SSSR count). The van der Waals surface area contributed by atoms with Crippen LogP contribution >= 0.6 is 0 Å². The van der Waals surface area contributed by atoms with Gasteiger partial charge in [-0.2, -0.15) is 0 Å². The Balaban J connectivity index is 2.37. The number of benzene rings is 1. The minimum atomic E-state index is 0.731. The zero-order valence-corrected chi connectivity index (χ0v) is 7.42. The Labute approximate surface area is 74.6 Å². The maximum atomic E-state index is 4.01. The Kier molecular flexibility index (Phi) is 2.16. The molecule has 0 N–H and O–H groups in total. The van der Waals surface area contributed by atoms with E-state index in [0.29, 0.717) is 0 Å². The van der Waals surface area contributed by atoms with Gasteiger partial charge in [-0.05, 0) is 42.7 Å². The first-order chi connectivity index (χ1) is 5.92. The maximum Gasteiger partial charge on any atom is -0.0159 e. The van der Waals surface area contributed by atoms with Crippen molar-refractivity contribution in [3.63, 3.8) is 0 Å². The molecule has 0 aromatic heterocycles. The van der Waals surface area contributed by atoms with Crippen LogP contribution in [0.1, 0.15) is 36.3 Å². The van der Waals surface area contributed by atoms with Gasteiger partial charge in [-0.25, -0.2) is 0 Å². The lowest BCUT2D eigenvalue weighted by atomic mass is 9.81. The van der Waals surface area contributed by atoms with E-state index in [4.69, 9.17) is 0 Å². The number of rotatable bonds is 1. The largest absolute Gasteiger partial charge is 0.0620 e. The molecule has 0 heteroatoms. The van der Waals surface area contributed by atoms with E-state index in [1.807, 2.05) is 0 Å². The summed E-state index contributed by atoms with van der Waals surface area (Å²) in [6.07, 6.45) is 5.00. The van der Waals surface area contributed by atoms with E-state index in [9.17, 15) is 0 Å². The van der Waals surface area contributed by atoms with E-state index >= 15 is 0 Å². The van der Waals surface area contributed by atoms with Gasteiger partial charge in [0.1, 0.15) is 0 Å². The van der Waals surface area contributed by atoms with Crippen molar-refractivity contribution in [2.75, 3.05) is 0 Å². The van der Waals surface area contributed by atoms with Gasteiger partial charge in [0.25, 0.3) is 0 Å². The molecule has 1 atom stereocenters. The Bertz CT molecular complexity index is 262. The molecule has 0 fully saturated rings. The van der Waals surface area contributed by atoms with E-state index in [1.165, 1.54) is 19.3 Å². The molecule has 0 saturated carbocycles. The summed E-state index contributed by atoms with van der Waals surface area (Å²) in [6.45, 7) is 4.01. The summed E-state index contributed by atoms with van der Waals surface area (Å²) in [4.78, 5) is 0. The normalized spacial score (nSPS) is 21.9. The van der Waals surface area contributed by atoms with Crippen molar-refractivity contribution in [2.24, 2.45) is 0 Å². The summed E-state index contributed by atoms with van der Waals surface area (Å²) < 4.78 is 0. The smallest absolute Gasteiger partial charge is 0.0159 e. The first kappa shape index (κ1) is 7.85. The van der Waals surface area contributed by atoms with Crippen LogP contribution in [-0.4, -0.2) is 0 Å². The minimum Gasteiger partial charge on any atom is -0.0620 e. The van der Waals surface area contributed by atoms with Crippen LogP contribution in [0.2, 0.25) is 0 Å². The highest BCUT2D eigenvalue weighted by molar-refractivity contribution is 5.32. The molecule has 1 radical (unpaired) electrons. The summed E-state index contributed by atoms with van der Waals surface area (Å²) >= 11 is 0. The van der Waals surface area contributed by atoms with Crippen molar-refractivity contribution in [2.45, 2.75) is 31.6 Å². The Morgan fingerprint density at radius 1 is 1.33 bits per heavy atom. The van der Waals surface area contributed by atoms with Crippen LogP contribution in [-0.2, 0) is 6.42 Å². The van der Waals surface area contributed by atoms with Crippen LogP contribution in [0, 0.1) is 6.92 Å². The second-order valence-corrected chi connectivity index (χ2v) is 3.58. The Morgan fingerprint density at radius 3 is 3.00 bits per heavy atom. The third-order valence-corrected chi connectivity index (χ3v) is 2.84. The van der Waals surface area contributed by atoms with Gasteiger partial charge in [-0.3, -0.25) is 0 Å². The molecule has 0 saturated heterocycles. The lowest BCUT2D eigenvalue weighted by molar-refractivity contribution is 0.557. The van der Waals surface area contributed by atoms with Gasteiger partial charge in [-0.1, -0.05) is 31.2 Å². The molecule has 1 aliphatic carbocycles. The summed E-state index contributed by atoms with van der Waals surface area (Å²) in [5.41, 5.74) is 3.11. The molecule has 0 nitrogen and oxygen atoms in total. The van der Waals surface area contributed by atoms with Gasteiger partial charge in [0.2, 0.25) is 0 Å². The molecule has 0 bridgehead atoms. The van der Waals surface area contributed by atoms with Gasteiger partial charge in [-0.15, -0.1) is 0 Å². The molecule has 0 spiro atoms. The van der Waals surface area contributed by atoms with E-state index in [-0.39, 0.29) is 0 Å². The molecule has 63 valence electrons. The standard InChI is InChI=1S/C12H15/c1-2-10-7-5-8-11-6-3-4-9-12(10)11/h3-4,6,9-10H,1-2,5,7-8H2. The maximum absolute atomic E-state index is 4.01. The highest BCUT2D eigenvalue weighted by atomic mass is 14.2. The number of aryl methyl sites for hydroxylation is 1. The van der Waals surface area contributed by atoms with Crippen LogP contribution in [0.3, 0.4) is 0 Å². The highest BCUT2D eigenvalue weighted by Gasteiger charge is 2.17. The molecule has 1 aliphatic rings. The monoisotopic (exact) mass is 159 g/mol. The van der Waals surface area contributed by atoms with Crippen LogP contribution < -0.4 is 0 Å². The molecule has 12 heavy (non-hydrogen) atoms. The van der Waals surface area contributed by atoms with Crippen molar-refractivity contribution in [3.8, 4) is 0 Å². The second-order valence-electron chi connectivity index (χ2n) is 3.58. The van der Waals surface area contributed by atoms with Gasteiger partial charge in [0, 0.05) is 0 Å². The van der Waals surface area contributed by atoms with Crippen LogP contribution in [0.5, 0.6) is 0 Å². The van der Waals surface area contributed by atoms with E-state index in [2.05, 4.69) is 31.2 Å². The van der Waals surface area contributed by atoms with E-state index in [1.54, 1.807) is 11.1 Å². The third-order valence-electron chi connectivity index (χ3n) is 2.84. The van der Waals surface area contributed by atoms with Gasteiger partial charge in [0.15, 0.2) is 0 Å². The average molecular weight is 159 g/mol. The molecule has 1 aromatic rings. The molecule has 1 unspecified atom stereocenters. The highest BCUT2D eigenvalue weighted by Crippen LogP contribution is 2.33. The lowest BCUT2D eigenvalue weighted by Gasteiger charge is -2.23. The van der Waals surface area contributed by atoms with Gasteiger partial charge < -0.3 is 0 Å². The third kappa shape index (κ3) is 1.26. The molecular weight excluding hydrogens is 144 g/mol. The first-order valence-corrected chi connectivity index (χ1v) is 4.79. The minimum absolute atomic E-state index is 0.731. The fourth-order valence-electron chi connectivity index (χ4n) is 2.15. The van der Waals surface area contributed by atoms with Crippen LogP contribution in [0.4, 0.5) is 0 Å². The molecule has 0 aliphatic heterocycles. The number of fused-ring (bicyclic) bond motifs is 1. The first-order valence-electron chi connectivity index (χ1n) is 4.79. The van der Waals surface area contributed by atoms with Crippen molar-refractivity contribution in [1.82, 2.24) is 0 Å². The fraction of sp³-hybridized carbons (Fsp3) is 0.417. The molecule has 0 amide bonds. The van der Waals surface area contributed by atoms with E-state index in [0.717, 1.165) is 12.3 Å². The van der Waals surface area contributed by atoms with E-state index < -0.39 is 0 Å². The van der Waals surface area contributed by atoms with Crippen LogP contribution in [0.25, 0.3) is 0 Å². The predicted octanol–water partition coefficient (Wildman–Crippen LogP) is 3.33. The zero-order chi connectivity index (χ0) is 8.39. The number of hydrogen-bond acceptors (Lipinski definition) is 0. The van der Waals surface area contributed by atoms with Gasteiger partial charge in [0.05, 0.1) is 0 Å². The molecular formula is C12H15. The number of hydrogen-bond donors (Lipinski definition) is 0. The molecule has 1 aromatic carbocycles. The van der Waals surface area contributed by atoms with Crippen molar-refractivity contribution in [1.29, 1.82) is 0 Å². The van der Waals surface area contributed by atoms with Crippen molar-refractivity contribution < 1.29 is 0 Å². The Morgan fingerprint density at radius 2 is 2.17 bits per heavy atom. The van der Waals surface area contributed by atoms with Gasteiger partial charge >= 0.3 is 0 Å². The topological polar surface area (TPSA) is 0 Å². The molecule has 0 heterocycles. The summed E-state index contributed by atoms with van der Waals surface area (Å²) in [7, 11) is 0. The summed E-state index contributed by atoms with van der Waals surface area (Å²) in [6, 6.07) is 8.82. The average Bonchev–Trinajstić information content (AvgIpc) is 2.17. The Hall–Kier alpha value is -0.780. The summed E-state index contributed by atoms with van der Waals surface area (Å²) in [5.74, 6) is 0.731. The second kappa shape index (κ2) is 3.30. The lowest BCUT2D eigenvalue weighted by Crippen LogP contribution is -2.08. The SMILES string of the molecule is [CH2]CC1CCCc2ccccc21. The van der Waals surface area contributed by atoms with Crippen LogP contribution in [0.15, 0.2) is 24.3 Å². The van der Waals surface area contributed by atoms with Crippen molar-refractivity contribution >= 4 is 0 Å². The fourth-order valence-corrected chi connectivity index (χ4v) is 2.15. The predicted molar refractivity (Wildman–Crippen MR) is 52.1 cm³/mol. The quantitative estimate of drug-likeness (QED) is 0.589.